The maximum Gasteiger partial charge on any atom is 0.257 e. The van der Waals surface area contributed by atoms with Gasteiger partial charge >= 0.3 is 0 Å². The number of morpholine rings is 1. The van der Waals surface area contributed by atoms with Crippen LogP contribution in [0.1, 0.15) is 28.9 Å². The number of carbonyl (C=O) groups excluding carboxylic acids is 1. The molecule has 1 amide bonds. The molecular formula is C20H23NO4. The highest BCUT2D eigenvalue weighted by molar-refractivity contribution is 5.98. The van der Waals surface area contributed by atoms with Crippen LogP contribution in [-0.4, -0.2) is 44.2 Å². The fourth-order valence-corrected chi connectivity index (χ4v) is 3.19. The Balaban J connectivity index is 1.87. The summed E-state index contributed by atoms with van der Waals surface area (Å²) < 4.78 is 16.8. The average molecular weight is 341 g/mol. The molecule has 132 valence electrons. The first kappa shape index (κ1) is 17.3. The fraction of sp³-hybridized carbons (Fsp3) is 0.350. The average Bonchev–Trinajstić information content (AvgIpc) is 2.66. The molecule has 1 saturated heterocycles. The molecule has 5 nitrogen and oxygen atoms in total. The summed E-state index contributed by atoms with van der Waals surface area (Å²) in [6.07, 6.45) is -0.176. The van der Waals surface area contributed by atoms with Crippen molar-refractivity contribution in [2.45, 2.75) is 19.1 Å². The highest BCUT2D eigenvalue weighted by atomic mass is 16.5. The summed E-state index contributed by atoms with van der Waals surface area (Å²) >= 11 is 0. The number of carbonyl (C=O) groups is 1. The second-order valence-electron chi connectivity index (χ2n) is 6.10. The quantitative estimate of drug-likeness (QED) is 0.856. The third-order valence-corrected chi connectivity index (χ3v) is 4.35. The molecule has 0 bridgehead atoms. The fourth-order valence-electron chi connectivity index (χ4n) is 3.19. The molecule has 5 heteroatoms. The molecule has 0 aromatic heterocycles. The van der Waals surface area contributed by atoms with Crippen LogP contribution in [0.4, 0.5) is 0 Å². The first-order valence-corrected chi connectivity index (χ1v) is 8.34. The Hall–Kier alpha value is -2.53. The molecule has 1 aliphatic heterocycles. The number of amides is 1. The van der Waals surface area contributed by atoms with Crippen LogP contribution >= 0.6 is 0 Å². The van der Waals surface area contributed by atoms with E-state index in [9.17, 15) is 4.79 Å². The highest BCUT2D eigenvalue weighted by Gasteiger charge is 2.31. The molecule has 0 saturated carbocycles. The lowest BCUT2D eigenvalue weighted by molar-refractivity contribution is -0.0692. The molecule has 2 aromatic carbocycles. The highest BCUT2D eigenvalue weighted by Crippen LogP contribution is 2.33. The van der Waals surface area contributed by atoms with Gasteiger partial charge in [0.2, 0.25) is 0 Å². The molecule has 0 spiro atoms. The van der Waals surface area contributed by atoms with E-state index < -0.39 is 0 Å². The van der Waals surface area contributed by atoms with Gasteiger partial charge in [0.1, 0.15) is 6.10 Å². The molecule has 0 radical (unpaired) electrons. The van der Waals surface area contributed by atoms with Gasteiger partial charge in [-0.25, -0.2) is 0 Å². The van der Waals surface area contributed by atoms with Crippen molar-refractivity contribution in [1.29, 1.82) is 0 Å². The number of para-hydroxylation sites is 1. The van der Waals surface area contributed by atoms with E-state index in [1.54, 1.807) is 32.4 Å². The van der Waals surface area contributed by atoms with Crippen LogP contribution in [0.15, 0.2) is 48.5 Å². The Kier molecular flexibility index (Phi) is 5.24. The lowest BCUT2D eigenvalue weighted by Gasteiger charge is -2.37. The Labute approximate surface area is 148 Å². The number of benzene rings is 2. The van der Waals surface area contributed by atoms with E-state index in [-0.39, 0.29) is 18.1 Å². The van der Waals surface area contributed by atoms with Crippen molar-refractivity contribution in [2.24, 2.45) is 0 Å². The van der Waals surface area contributed by atoms with Gasteiger partial charge in [0.15, 0.2) is 11.5 Å². The van der Waals surface area contributed by atoms with Crippen molar-refractivity contribution in [3.05, 3.63) is 59.7 Å². The summed E-state index contributed by atoms with van der Waals surface area (Å²) in [5.41, 5.74) is 1.58. The van der Waals surface area contributed by atoms with Gasteiger partial charge in [0.25, 0.3) is 5.91 Å². The summed E-state index contributed by atoms with van der Waals surface area (Å²) in [5, 5.41) is 0. The maximum absolute atomic E-state index is 13.1. The SMILES string of the molecule is COc1cccc(C(=O)N2C[C@@H](C)O[C@H](c3ccccc3)C2)c1OC. The lowest BCUT2D eigenvalue weighted by Crippen LogP contribution is -2.46. The molecule has 1 heterocycles. The molecule has 1 fully saturated rings. The van der Waals surface area contributed by atoms with E-state index in [0.717, 1.165) is 5.56 Å². The van der Waals surface area contributed by atoms with Gasteiger partial charge < -0.3 is 19.1 Å². The molecule has 1 aliphatic rings. The summed E-state index contributed by atoms with van der Waals surface area (Å²) in [6.45, 7) is 3.04. The summed E-state index contributed by atoms with van der Waals surface area (Å²) in [5.74, 6) is 0.937. The Morgan fingerprint density at radius 3 is 2.48 bits per heavy atom. The number of hydrogen-bond donors (Lipinski definition) is 0. The zero-order valence-corrected chi connectivity index (χ0v) is 14.8. The van der Waals surface area contributed by atoms with Gasteiger partial charge in [-0.2, -0.15) is 0 Å². The van der Waals surface area contributed by atoms with Crippen LogP contribution < -0.4 is 9.47 Å². The van der Waals surface area contributed by atoms with Crippen molar-refractivity contribution in [3.8, 4) is 11.5 Å². The summed E-state index contributed by atoms with van der Waals surface area (Å²) in [4.78, 5) is 14.9. The molecule has 0 N–H and O–H groups in total. The predicted octanol–water partition coefficient (Wildman–Crippen LogP) is 3.31. The van der Waals surface area contributed by atoms with Gasteiger partial charge in [0, 0.05) is 6.54 Å². The smallest absolute Gasteiger partial charge is 0.257 e. The minimum Gasteiger partial charge on any atom is -0.493 e. The van der Waals surface area contributed by atoms with Crippen molar-refractivity contribution in [2.75, 3.05) is 27.3 Å². The summed E-state index contributed by atoms with van der Waals surface area (Å²) in [6, 6.07) is 15.3. The van der Waals surface area contributed by atoms with Crippen LogP contribution in [0.3, 0.4) is 0 Å². The topological polar surface area (TPSA) is 48.0 Å². The van der Waals surface area contributed by atoms with Crippen LogP contribution in [0, 0.1) is 0 Å². The van der Waals surface area contributed by atoms with Crippen molar-refractivity contribution < 1.29 is 19.0 Å². The van der Waals surface area contributed by atoms with Crippen LogP contribution in [0.2, 0.25) is 0 Å². The van der Waals surface area contributed by atoms with Crippen LogP contribution in [0.5, 0.6) is 11.5 Å². The van der Waals surface area contributed by atoms with Gasteiger partial charge in [-0.3, -0.25) is 4.79 Å². The second kappa shape index (κ2) is 7.57. The number of nitrogens with zero attached hydrogens (tertiary/aromatic N) is 1. The molecule has 25 heavy (non-hydrogen) atoms. The van der Waals surface area contributed by atoms with Gasteiger partial charge in [-0.05, 0) is 24.6 Å². The number of rotatable bonds is 4. The van der Waals surface area contributed by atoms with E-state index in [0.29, 0.717) is 30.2 Å². The molecule has 3 rings (SSSR count). The Bertz CT molecular complexity index is 732. The van der Waals surface area contributed by atoms with Crippen LogP contribution in [0.25, 0.3) is 0 Å². The van der Waals surface area contributed by atoms with Crippen molar-refractivity contribution >= 4 is 5.91 Å². The molecule has 2 aromatic rings. The second-order valence-corrected chi connectivity index (χ2v) is 6.10. The van der Waals surface area contributed by atoms with Gasteiger partial charge in [-0.15, -0.1) is 0 Å². The predicted molar refractivity (Wildman–Crippen MR) is 95.2 cm³/mol. The number of hydrogen-bond acceptors (Lipinski definition) is 4. The van der Waals surface area contributed by atoms with E-state index in [2.05, 4.69) is 0 Å². The largest absolute Gasteiger partial charge is 0.493 e. The minimum absolute atomic E-state index is 0.0421. The van der Waals surface area contributed by atoms with E-state index in [1.807, 2.05) is 42.2 Å². The molecule has 0 aliphatic carbocycles. The maximum atomic E-state index is 13.1. The van der Waals surface area contributed by atoms with Gasteiger partial charge in [0.05, 0.1) is 32.4 Å². The van der Waals surface area contributed by atoms with E-state index in [1.165, 1.54) is 0 Å². The third-order valence-electron chi connectivity index (χ3n) is 4.35. The number of methoxy groups -OCH3 is 2. The lowest BCUT2D eigenvalue weighted by atomic mass is 10.1. The standard InChI is InChI=1S/C20H23NO4/c1-14-12-21(13-18(25-14)15-8-5-4-6-9-15)20(22)16-10-7-11-17(23-2)19(16)24-3/h4-11,14,18H,12-13H2,1-3H3/t14-,18+/m1/s1. The van der Waals surface area contributed by atoms with Crippen LogP contribution in [-0.2, 0) is 4.74 Å². The zero-order chi connectivity index (χ0) is 17.8. The third kappa shape index (κ3) is 3.61. The zero-order valence-electron chi connectivity index (χ0n) is 14.8. The normalized spacial score (nSPS) is 20.2. The number of ether oxygens (including phenoxy) is 3. The minimum atomic E-state index is -0.134. The molecule has 0 unspecified atom stereocenters. The van der Waals surface area contributed by atoms with Crippen molar-refractivity contribution in [3.63, 3.8) is 0 Å². The monoisotopic (exact) mass is 341 g/mol. The van der Waals surface area contributed by atoms with E-state index in [4.69, 9.17) is 14.2 Å². The molecule has 2 atom stereocenters. The molecular weight excluding hydrogens is 318 g/mol. The van der Waals surface area contributed by atoms with E-state index >= 15 is 0 Å². The summed E-state index contributed by atoms with van der Waals surface area (Å²) in [7, 11) is 3.11. The first-order valence-electron chi connectivity index (χ1n) is 8.34. The Morgan fingerprint density at radius 2 is 1.80 bits per heavy atom. The van der Waals surface area contributed by atoms with Crippen molar-refractivity contribution in [1.82, 2.24) is 4.90 Å². The first-order chi connectivity index (χ1) is 12.1. The Morgan fingerprint density at radius 1 is 1.04 bits per heavy atom. The van der Waals surface area contributed by atoms with Gasteiger partial charge in [-0.1, -0.05) is 36.4 Å².